The molecular formula is C48H82O41. The van der Waals surface area contributed by atoms with E-state index in [1.807, 2.05) is 0 Å². The molecule has 0 aromatic heterocycles. The lowest BCUT2D eigenvalue weighted by Crippen LogP contribution is -2.69. The Balaban J connectivity index is 0.0000102. The summed E-state index contributed by atoms with van der Waals surface area (Å²) >= 11 is 0. The summed E-state index contributed by atoms with van der Waals surface area (Å²) in [6.45, 7) is -8.64. The predicted molar refractivity (Wildman–Crippen MR) is 265 cm³/mol. The average Bonchev–Trinajstić information content (AvgIpc) is 0.978. The van der Waals surface area contributed by atoms with Crippen LogP contribution in [-0.2, 0) is 75.8 Å². The maximum Gasteiger partial charge on any atom is 0.187 e. The normalized spacial score (nSPS) is 54.7. The minimum atomic E-state index is -2.25. The van der Waals surface area contributed by atoms with Gasteiger partial charge < -0.3 is 204 Å². The Morgan fingerprint density at radius 2 is 0.236 bits per heavy atom. The standard InChI is InChI=1S/C48H80O40.H2O/c49-1-9-33-17(57)25(65)41(73-9)82-34-10(2-50)75-43(27(67)19(34)59)84-36-12(4-52)77-45(29(69)21(36)61)86-38-14(6-54)79-47(31(71)23(38)63)88-40-16(8-56)80-48(32(72)24(40)64)87-39-15(7-55)78-46(30(70)22(39)62)85-37-13(5-53)76-44(28(68)20(37)60)83-35-11(3-51)74-42(81-33)26(66)18(35)58;/h9-72H,1-8H2;1H2. The van der Waals surface area contributed by atoms with Crippen LogP contribution in [0.4, 0.5) is 0 Å². The van der Waals surface area contributed by atoms with Crippen LogP contribution in [-0.4, -0.2) is 427 Å². The van der Waals surface area contributed by atoms with Gasteiger partial charge in [-0.25, -0.2) is 0 Å². The highest BCUT2D eigenvalue weighted by molar-refractivity contribution is 5.02. The fraction of sp³-hybridized carbons (Fsp3) is 1.00. The fourth-order valence-corrected chi connectivity index (χ4v) is 11.9. The molecule has 0 spiro atoms. The molecule has 0 amide bonds. The Bertz CT molecular complexity index is 1710. The van der Waals surface area contributed by atoms with Gasteiger partial charge in [0.15, 0.2) is 50.3 Å². The highest BCUT2D eigenvalue weighted by atomic mass is 16.8. The lowest BCUT2D eigenvalue weighted by atomic mass is 9.94. The first kappa shape index (κ1) is 73.2. The Labute approximate surface area is 501 Å². The topological polar surface area (TPSA) is 665 Å². The molecule has 30 heterocycles. The fourth-order valence-electron chi connectivity index (χ4n) is 11.9. The first-order valence-electron chi connectivity index (χ1n) is 28.1. The third kappa shape index (κ3) is 14.4. The molecule has 30 rings (SSSR count). The van der Waals surface area contributed by atoms with E-state index in [-0.39, 0.29) is 5.48 Å². The van der Waals surface area contributed by atoms with Crippen molar-refractivity contribution in [3.05, 3.63) is 0 Å². The SMILES string of the molecule is O.OCC1OC2OC3C(CO)OC(OC4C(CO)OC(OC5C(CO)OC(OC6C(CO)OC(OC7C(CO)OC(OC8C(CO)OC(OC9C(CO)OC(OC1C(O)C2O)C(O)C9O)C(O)C8O)C(O)C7O)C(O)C6O)C(O)C5O)C(O)C4O)C(O)C3O. The van der Waals surface area contributed by atoms with Crippen molar-refractivity contribution in [2.75, 3.05) is 52.9 Å². The van der Waals surface area contributed by atoms with Crippen LogP contribution in [0.25, 0.3) is 0 Å². The second-order valence-corrected chi connectivity index (χ2v) is 22.5. The van der Waals surface area contributed by atoms with E-state index in [4.69, 9.17) is 75.8 Å². The zero-order chi connectivity index (χ0) is 64.1. The molecule has 16 bridgehead atoms. The van der Waals surface area contributed by atoms with Crippen molar-refractivity contribution in [2.24, 2.45) is 0 Å². The van der Waals surface area contributed by atoms with Gasteiger partial charge >= 0.3 is 0 Å². The molecule has 0 saturated carbocycles. The number of rotatable bonds is 8. The van der Waals surface area contributed by atoms with Crippen molar-refractivity contribution < 1.29 is 204 Å². The van der Waals surface area contributed by atoms with Crippen LogP contribution in [0, 0.1) is 0 Å². The van der Waals surface area contributed by atoms with E-state index in [0.29, 0.717) is 0 Å². The molecule has 89 heavy (non-hydrogen) atoms. The number of aliphatic hydroxyl groups is 24. The smallest absolute Gasteiger partial charge is 0.187 e. The van der Waals surface area contributed by atoms with Gasteiger partial charge in [-0.15, -0.1) is 0 Å². The first-order chi connectivity index (χ1) is 41.9. The molecule has 30 aliphatic rings. The maximum atomic E-state index is 11.4. The highest BCUT2D eigenvalue weighted by Crippen LogP contribution is 2.40. The van der Waals surface area contributed by atoms with Gasteiger partial charge in [0.2, 0.25) is 0 Å². The van der Waals surface area contributed by atoms with Crippen molar-refractivity contribution in [1.82, 2.24) is 0 Å². The largest absolute Gasteiger partial charge is 0.412 e. The van der Waals surface area contributed by atoms with E-state index in [0.717, 1.165) is 0 Å². The molecule has 41 heteroatoms. The van der Waals surface area contributed by atoms with Gasteiger partial charge in [0.1, 0.15) is 195 Å². The van der Waals surface area contributed by atoms with Crippen LogP contribution >= 0.6 is 0 Å². The zero-order valence-electron chi connectivity index (χ0n) is 46.5. The van der Waals surface area contributed by atoms with Crippen molar-refractivity contribution in [2.45, 2.75) is 246 Å². The molecule has 30 saturated heterocycles. The summed E-state index contributed by atoms with van der Waals surface area (Å²) < 4.78 is 91.1. The molecule has 0 aromatic carbocycles. The van der Waals surface area contributed by atoms with Crippen molar-refractivity contribution >= 4 is 0 Å². The van der Waals surface area contributed by atoms with Crippen molar-refractivity contribution in [1.29, 1.82) is 0 Å². The van der Waals surface area contributed by atoms with Crippen LogP contribution in [0.3, 0.4) is 0 Å². The van der Waals surface area contributed by atoms with E-state index in [1.165, 1.54) is 0 Å². The molecule has 0 aromatic rings. The predicted octanol–water partition coefficient (Wildman–Crippen LogP) is -18.2. The van der Waals surface area contributed by atoms with Crippen LogP contribution in [0.5, 0.6) is 0 Å². The monoisotopic (exact) mass is 1310 g/mol. The van der Waals surface area contributed by atoms with Gasteiger partial charge in [0.05, 0.1) is 52.9 Å². The van der Waals surface area contributed by atoms with Crippen LogP contribution in [0.15, 0.2) is 0 Å². The van der Waals surface area contributed by atoms with Gasteiger partial charge in [-0.2, -0.15) is 0 Å². The van der Waals surface area contributed by atoms with Gasteiger partial charge in [-0.1, -0.05) is 0 Å². The molecule has 30 fully saturated rings. The van der Waals surface area contributed by atoms with Crippen molar-refractivity contribution in [3.63, 3.8) is 0 Å². The van der Waals surface area contributed by atoms with E-state index < -0.39 is 299 Å². The molecule has 41 nitrogen and oxygen atoms in total. The quantitative estimate of drug-likeness (QED) is 0.107. The highest BCUT2D eigenvalue weighted by Gasteiger charge is 2.60. The van der Waals surface area contributed by atoms with Gasteiger partial charge in [-0.3, -0.25) is 0 Å². The molecule has 40 atom stereocenters. The zero-order valence-corrected chi connectivity index (χ0v) is 46.5. The summed E-state index contributed by atoms with van der Waals surface area (Å²) in [5.41, 5.74) is 0. The summed E-state index contributed by atoms with van der Waals surface area (Å²) in [5.74, 6) is 0. The number of ether oxygens (including phenoxy) is 16. The maximum absolute atomic E-state index is 11.4. The Morgan fingerprint density at radius 1 is 0.146 bits per heavy atom. The molecular weight excluding hydrogens is 1230 g/mol. The third-order valence-corrected chi connectivity index (χ3v) is 16.9. The summed E-state index contributed by atoms with van der Waals surface area (Å²) in [4.78, 5) is 0. The summed E-state index contributed by atoms with van der Waals surface area (Å²) in [6.07, 6.45) is -82.0. The van der Waals surface area contributed by atoms with Gasteiger partial charge in [-0.05, 0) is 0 Å². The van der Waals surface area contributed by atoms with Crippen LogP contribution < -0.4 is 0 Å². The molecule has 30 aliphatic heterocycles. The number of hydrogen-bond donors (Lipinski definition) is 24. The number of hydrogen-bond acceptors (Lipinski definition) is 40. The Kier molecular flexibility index (Phi) is 25.5. The first-order valence-corrected chi connectivity index (χ1v) is 28.1. The minimum absolute atomic E-state index is 0. The molecule has 0 aliphatic carbocycles. The van der Waals surface area contributed by atoms with Crippen molar-refractivity contribution in [3.8, 4) is 0 Å². The lowest BCUT2D eigenvalue weighted by molar-refractivity contribution is -0.404. The van der Waals surface area contributed by atoms with E-state index >= 15 is 0 Å². The average molecular weight is 1320 g/mol. The van der Waals surface area contributed by atoms with E-state index in [2.05, 4.69) is 0 Å². The summed E-state index contributed by atoms with van der Waals surface area (Å²) in [5, 5.41) is 265. The third-order valence-electron chi connectivity index (χ3n) is 16.9. The molecule has 520 valence electrons. The molecule has 40 unspecified atom stereocenters. The summed E-state index contributed by atoms with van der Waals surface area (Å²) in [7, 11) is 0. The second-order valence-electron chi connectivity index (χ2n) is 22.5. The Morgan fingerprint density at radius 3 is 0.315 bits per heavy atom. The second kappa shape index (κ2) is 31.0. The van der Waals surface area contributed by atoms with Gasteiger partial charge in [0.25, 0.3) is 0 Å². The van der Waals surface area contributed by atoms with E-state index in [1.54, 1.807) is 0 Å². The van der Waals surface area contributed by atoms with Crippen LogP contribution in [0.2, 0.25) is 0 Å². The molecule has 0 radical (unpaired) electrons. The Hall–Kier alpha value is -1.64. The molecule has 26 N–H and O–H groups in total. The van der Waals surface area contributed by atoms with Gasteiger partial charge in [0, 0.05) is 0 Å². The lowest BCUT2D eigenvalue weighted by Gasteiger charge is -2.50. The number of aliphatic hydroxyl groups excluding tert-OH is 24. The summed E-state index contributed by atoms with van der Waals surface area (Å²) in [6, 6.07) is 0. The van der Waals surface area contributed by atoms with Crippen LogP contribution in [0.1, 0.15) is 0 Å². The van der Waals surface area contributed by atoms with E-state index in [9.17, 15) is 123 Å². The minimum Gasteiger partial charge on any atom is -0.412 e.